The average Bonchev–Trinajstić information content (AvgIpc) is 2.98. The van der Waals surface area contributed by atoms with Gasteiger partial charge in [0.2, 0.25) is 0 Å². The van der Waals surface area contributed by atoms with Crippen molar-refractivity contribution in [1.29, 1.82) is 0 Å². The summed E-state index contributed by atoms with van der Waals surface area (Å²) in [5.74, 6) is -0.713. The molecular formula is C22H32FN3O6. The second-order valence-electron chi connectivity index (χ2n) is 8.56. The van der Waals surface area contributed by atoms with Crippen molar-refractivity contribution in [1.82, 2.24) is 9.80 Å². The molecule has 3 amide bonds. The molecule has 0 saturated carbocycles. The topological polar surface area (TPSA) is 122 Å². The molecule has 1 atom stereocenters. The second kappa shape index (κ2) is 11.3. The first-order valence-electron chi connectivity index (χ1n) is 10.5. The molecule has 0 aromatic heterocycles. The van der Waals surface area contributed by atoms with Crippen LogP contribution in [-0.2, 0) is 14.9 Å². The molecule has 1 heterocycles. The van der Waals surface area contributed by atoms with Crippen LogP contribution in [0.3, 0.4) is 0 Å². The Hall–Kier alpha value is -2.56. The van der Waals surface area contributed by atoms with E-state index >= 15 is 0 Å². The lowest BCUT2D eigenvalue weighted by molar-refractivity contribution is 0.0456. The van der Waals surface area contributed by atoms with Crippen molar-refractivity contribution in [3.05, 3.63) is 34.9 Å². The van der Waals surface area contributed by atoms with Gasteiger partial charge in [-0.25, -0.2) is 9.18 Å². The first-order valence-corrected chi connectivity index (χ1v) is 10.5. The lowest BCUT2D eigenvalue weighted by atomic mass is 9.85. The molecule has 32 heavy (non-hydrogen) atoms. The molecule has 1 aromatic rings. The van der Waals surface area contributed by atoms with E-state index in [0.29, 0.717) is 11.1 Å². The fourth-order valence-corrected chi connectivity index (χ4v) is 3.15. The number of fused-ring (bicyclic) bond motifs is 1. The molecule has 178 valence electrons. The van der Waals surface area contributed by atoms with Crippen LogP contribution in [0.25, 0.3) is 0 Å². The van der Waals surface area contributed by atoms with Gasteiger partial charge in [-0.05, 0) is 23.1 Å². The monoisotopic (exact) mass is 453 g/mol. The van der Waals surface area contributed by atoms with Crippen molar-refractivity contribution in [3.8, 4) is 0 Å². The van der Waals surface area contributed by atoms with Gasteiger partial charge in [0, 0.05) is 19.6 Å². The number of rotatable bonds is 12. The summed E-state index contributed by atoms with van der Waals surface area (Å²) < 4.78 is 23.5. The molecule has 0 radical (unpaired) electrons. The van der Waals surface area contributed by atoms with Crippen molar-refractivity contribution in [3.63, 3.8) is 0 Å². The molecule has 0 bridgehead atoms. The minimum absolute atomic E-state index is 0.0400. The number of nitrogens with zero attached hydrogens (tertiary/aromatic N) is 2. The molecular weight excluding hydrogens is 421 g/mol. The van der Waals surface area contributed by atoms with Gasteiger partial charge in [-0.15, -0.1) is 0 Å². The zero-order valence-electron chi connectivity index (χ0n) is 18.8. The highest BCUT2D eigenvalue weighted by atomic mass is 19.1. The largest absolute Gasteiger partial charge is 0.465 e. The molecule has 1 aliphatic heterocycles. The second-order valence-corrected chi connectivity index (χ2v) is 8.56. The predicted octanol–water partition coefficient (Wildman–Crippen LogP) is 1.89. The number of carboxylic acid groups (broad SMARTS) is 1. The van der Waals surface area contributed by atoms with E-state index in [4.69, 9.17) is 15.2 Å². The van der Waals surface area contributed by atoms with Crippen molar-refractivity contribution < 1.29 is 33.4 Å². The number of halogens is 1. The first kappa shape index (κ1) is 25.7. The van der Waals surface area contributed by atoms with E-state index in [-0.39, 0.29) is 69.8 Å². The summed E-state index contributed by atoms with van der Waals surface area (Å²) in [5, 5.41) is 9.23. The number of hydrogen-bond acceptors (Lipinski definition) is 6. The van der Waals surface area contributed by atoms with Crippen LogP contribution in [0, 0.1) is 0 Å². The van der Waals surface area contributed by atoms with Gasteiger partial charge in [-0.3, -0.25) is 14.5 Å². The van der Waals surface area contributed by atoms with Gasteiger partial charge in [0.25, 0.3) is 11.8 Å². The number of carbonyl (C=O) groups excluding carboxylic acids is 2. The van der Waals surface area contributed by atoms with Gasteiger partial charge in [0.05, 0.1) is 44.1 Å². The van der Waals surface area contributed by atoms with Crippen LogP contribution in [0.5, 0.6) is 0 Å². The number of imide groups is 1. The average molecular weight is 454 g/mol. The zero-order valence-corrected chi connectivity index (χ0v) is 18.8. The Balaban J connectivity index is 1.77. The van der Waals surface area contributed by atoms with E-state index in [1.165, 1.54) is 0 Å². The highest BCUT2D eigenvalue weighted by Gasteiger charge is 2.36. The van der Waals surface area contributed by atoms with Gasteiger partial charge in [0.1, 0.15) is 6.17 Å². The Morgan fingerprint density at radius 1 is 1.12 bits per heavy atom. The van der Waals surface area contributed by atoms with Crippen LogP contribution in [0.2, 0.25) is 0 Å². The first-order chi connectivity index (χ1) is 15.1. The lowest BCUT2D eigenvalue weighted by Gasteiger charge is -2.20. The van der Waals surface area contributed by atoms with E-state index in [2.05, 4.69) is 0 Å². The lowest BCUT2D eigenvalue weighted by Crippen LogP contribution is -2.37. The van der Waals surface area contributed by atoms with Gasteiger partial charge < -0.3 is 25.2 Å². The van der Waals surface area contributed by atoms with Crippen LogP contribution in [0.15, 0.2) is 18.2 Å². The minimum Gasteiger partial charge on any atom is -0.465 e. The Morgan fingerprint density at radius 2 is 1.75 bits per heavy atom. The number of amides is 3. The molecule has 0 aliphatic carbocycles. The molecule has 0 spiro atoms. The molecule has 0 fully saturated rings. The van der Waals surface area contributed by atoms with Crippen molar-refractivity contribution in [2.75, 3.05) is 52.6 Å². The van der Waals surface area contributed by atoms with Gasteiger partial charge in [-0.1, -0.05) is 26.8 Å². The Bertz CT molecular complexity index is 826. The predicted molar refractivity (Wildman–Crippen MR) is 116 cm³/mol. The summed E-state index contributed by atoms with van der Waals surface area (Å²) in [7, 11) is 0. The van der Waals surface area contributed by atoms with Gasteiger partial charge in [0.15, 0.2) is 0 Å². The van der Waals surface area contributed by atoms with Crippen LogP contribution >= 0.6 is 0 Å². The Labute approximate surface area is 187 Å². The summed E-state index contributed by atoms with van der Waals surface area (Å²) in [4.78, 5) is 38.8. The minimum atomic E-state index is -1.28. The van der Waals surface area contributed by atoms with Gasteiger partial charge >= 0.3 is 6.09 Å². The molecule has 10 heteroatoms. The van der Waals surface area contributed by atoms with E-state index in [1.807, 2.05) is 26.8 Å². The Morgan fingerprint density at radius 3 is 2.34 bits per heavy atom. The van der Waals surface area contributed by atoms with E-state index in [1.54, 1.807) is 12.1 Å². The number of alkyl halides is 1. The SMILES string of the molecule is CC(C)(C)c1ccc2c(c1)C(=O)N(CCOCCN(CCOCC(F)CN)C(=O)O)C2=O. The molecule has 9 nitrogen and oxygen atoms in total. The molecule has 1 unspecified atom stereocenters. The fraction of sp³-hybridized carbons (Fsp3) is 0.591. The maximum Gasteiger partial charge on any atom is 0.407 e. The van der Waals surface area contributed by atoms with E-state index < -0.39 is 12.3 Å². The highest BCUT2D eigenvalue weighted by molar-refractivity contribution is 6.21. The quantitative estimate of drug-likeness (QED) is 0.366. The standard InChI is InChI=1S/C22H32FN3O6/c1-22(2,3)15-4-5-17-18(12-15)20(28)26(19(17)27)8-11-31-9-6-25(21(29)30)7-10-32-14-16(23)13-24/h4-5,12,16H,6-11,13-14,24H2,1-3H3,(H,29,30). The zero-order chi connectivity index (χ0) is 23.9. The highest BCUT2D eigenvalue weighted by Crippen LogP contribution is 2.29. The fourth-order valence-electron chi connectivity index (χ4n) is 3.15. The van der Waals surface area contributed by atoms with Crippen LogP contribution in [0.4, 0.5) is 9.18 Å². The molecule has 1 aliphatic rings. The molecule has 3 N–H and O–H groups in total. The maximum atomic E-state index is 13.0. The number of nitrogens with two attached hydrogens (primary N) is 1. The number of ether oxygens (including phenoxy) is 2. The van der Waals surface area contributed by atoms with Crippen LogP contribution < -0.4 is 5.73 Å². The smallest absolute Gasteiger partial charge is 0.407 e. The molecule has 0 saturated heterocycles. The number of carbonyl (C=O) groups is 3. The van der Waals surface area contributed by atoms with Gasteiger partial charge in [-0.2, -0.15) is 0 Å². The Kier molecular flexibility index (Phi) is 9.11. The normalized spacial score (nSPS) is 14.6. The third-order valence-electron chi connectivity index (χ3n) is 5.13. The summed E-state index contributed by atoms with van der Waals surface area (Å²) in [6, 6.07) is 5.31. The third kappa shape index (κ3) is 6.72. The molecule has 1 aromatic carbocycles. The van der Waals surface area contributed by atoms with Crippen molar-refractivity contribution >= 4 is 17.9 Å². The summed E-state index contributed by atoms with van der Waals surface area (Å²) >= 11 is 0. The van der Waals surface area contributed by atoms with E-state index in [0.717, 1.165) is 15.4 Å². The van der Waals surface area contributed by atoms with Crippen molar-refractivity contribution in [2.24, 2.45) is 5.73 Å². The van der Waals surface area contributed by atoms with Crippen LogP contribution in [-0.4, -0.2) is 91.6 Å². The third-order valence-corrected chi connectivity index (χ3v) is 5.13. The molecule has 2 rings (SSSR count). The summed E-state index contributed by atoms with van der Waals surface area (Å²) in [6.45, 7) is 6.18. The number of benzene rings is 1. The van der Waals surface area contributed by atoms with Crippen molar-refractivity contribution in [2.45, 2.75) is 32.4 Å². The van der Waals surface area contributed by atoms with Crippen LogP contribution in [0.1, 0.15) is 47.1 Å². The number of hydrogen-bond donors (Lipinski definition) is 2. The summed E-state index contributed by atoms with van der Waals surface area (Å²) in [6.07, 6.45) is -2.43. The maximum absolute atomic E-state index is 13.0. The summed E-state index contributed by atoms with van der Waals surface area (Å²) in [5.41, 5.74) is 6.74. The van der Waals surface area contributed by atoms with E-state index in [9.17, 15) is 23.9 Å².